The Kier molecular flexibility index (Phi) is 6.82. The molecular formula is C21H15ClF2N2O4. The maximum Gasteiger partial charge on any atom is 0.387 e. The summed E-state index contributed by atoms with van der Waals surface area (Å²) in [5.41, 5.74) is 0.607. The Morgan fingerprint density at radius 3 is 2.00 bits per heavy atom. The molecule has 9 heteroatoms. The minimum atomic E-state index is -2.89. The molecule has 0 fully saturated rings. The standard InChI is InChI=1S/C21H15ClF2N2O4/c22-18-4-2-1-3-17(18)19(27)26-21(28)25-13-5-7-14(8-6-13)29-15-9-11-16(12-10-15)30-20(23)24/h1-12,20H,(H2,25,26,27,28). The zero-order chi connectivity index (χ0) is 21.5. The van der Waals surface area contributed by atoms with Crippen molar-refractivity contribution in [2.45, 2.75) is 6.61 Å². The van der Waals surface area contributed by atoms with E-state index in [1.165, 1.54) is 30.3 Å². The normalized spacial score (nSPS) is 10.4. The summed E-state index contributed by atoms with van der Waals surface area (Å²) < 4.78 is 34.2. The second kappa shape index (κ2) is 9.71. The molecule has 3 aromatic carbocycles. The summed E-state index contributed by atoms with van der Waals surface area (Å²) in [7, 11) is 0. The van der Waals surface area contributed by atoms with E-state index < -0.39 is 18.5 Å². The van der Waals surface area contributed by atoms with Crippen molar-refractivity contribution in [1.82, 2.24) is 5.32 Å². The lowest BCUT2D eigenvalue weighted by molar-refractivity contribution is -0.0498. The van der Waals surface area contributed by atoms with Crippen molar-refractivity contribution >= 4 is 29.2 Å². The van der Waals surface area contributed by atoms with Crippen molar-refractivity contribution < 1.29 is 27.8 Å². The number of hydrogen-bond acceptors (Lipinski definition) is 4. The van der Waals surface area contributed by atoms with Crippen LogP contribution in [0.15, 0.2) is 72.8 Å². The topological polar surface area (TPSA) is 76.7 Å². The van der Waals surface area contributed by atoms with E-state index in [0.29, 0.717) is 17.2 Å². The number of urea groups is 1. The summed E-state index contributed by atoms with van der Waals surface area (Å²) in [6.07, 6.45) is 0. The van der Waals surface area contributed by atoms with Crippen LogP contribution in [0.2, 0.25) is 5.02 Å². The van der Waals surface area contributed by atoms with E-state index in [2.05, 4.69) is 15.4 Å². The summed E-state index contributed by atoms with van der Waals surface area (Å²) in [6, 6.07) is 17.7. The van der Waals surface area contributed by atoms with Crippen molar-refractivity contribution in [2.24, 2.45) is 0 Å². The number of hydrogen-bond donors (Lipinski definition) is 2. The summed E-state index contributed by atoms with van der Waals surface area (Å²) in [5.74, 6) is 0.266. The van der Waals surface area contributed by atoms with Crippen molar-refractivity contribution in [1.29, 1.82) is 0 Å². The van der Waals surface area contributed by atoms with Crippen LogP contribution in [-0.4, -0.2) is 18.5 Å². The quantitative estimate of drug-likeness (QED) is 0.524. The number of alkyl halides is 2. The summed E-state index contributed by atoms with van der Waals surface area (Å²) in [4.78, 5) is 24.1. The Labute approximate surface area is 175 Å². The fourth-order valence-electron chi connectivity index (χ4n) is 2.41. The first-order chi connectivity index (χ1) is 14.4. The van der Waals surface area contributed by atoms with Gasteiger partial charge in [-0.05, 0) is 60.7 Å². The average molecular weight is 433 g/mol. The number of anilines is 1. The van der Waals surface area contributed by atoms with Crippen LogP contribution in [0.4, 0.5) is 19.3 Å². The third-order valence-electron chi connectivity index (χ3n) is 3.74. The van der Waals surface area contributed by atoms with Gasteiger partial charge in [-0.1, -0.05) is 23.7 Å². The van der Waals surface area contributed by atoms with Gasteiger partial charge in [-0.3, -0.25) is 10.1 Å². The molecule has 0 aliphatic carbocycles. The molecule has 0 spiro atoms. The molecule has 3 rings (SSSR count). The Morgan fingerprint density at radius 2 is 1.40 bits per heavy atom. The predicted molar refractivity (Wildman–Crippen MR) is 108 cm³/mol. The number of carbonyl (C=O) groups excluding carboxylic acids is 2. The molecule has 0 saturated carbocycles. The van der Waals surface area contributed by atoms with E-state index in [1.54, 1.807) is 42.5 Å². The van der Waals surface area contributed by atoms with Gasteiger partial charge < -0.3 is 14.8 Å². The zero-order valence-electron chi connectivity index (χ0n) is 15.3. The van der Waals surface area contributed by atoms with Gasteiger partial charge in [0.15, 0.2) is 0 Å². The van der Waals surface area contributed by atoms with Crippen LogP contribution in [0.1, 0.15) is 10.4 Å². The molecule has 30 heavy (non-hydrogen) atoms. The Balaban J connectivity index is 1.54. The van der Waals surface area contributed by atoms with Crippen LogP contribution in [0.5, 0.6) is 17.2 Å². The molecule has 154 valence electrons. The third-order valence-corrected chi connectivity index (χ3v) is 4.07. The highest BCUT2D eigenvalue weighted by atomic mass is 35.5. The molecule has 3 aromatic rings. The number of imide groups is 1. The number of benzene rings is 3. The molecule has 0 saturated heterocycles. The lowest BCUT2D eigenvalue weighted by Crippen LogP contribution is -2.34. The number of ether oxygens (including phenoxy) is 2. The van der Waals surface area contributed by atoms with E-state index in [-0.39, 0.29) is 16.3 Å². The Bertz CT molecular complexity index is 1030. The van der Waals surface area contributed by atoms with Crippen LogP contribution in [0.3, 0.4) is 0 Å². The first-order valence-corrected chi connectivity index (χ1v) is 8.98. The van der Waals surface area contributed by atoms with Gasteiger partial charge in [0.1, 0.15) is 17.2 Å². The van der Waals surface area contributed by atoms with E-state index in [0.717, 1.165) is 0 Å². The predicted octanol–water partition coefficient (Wildman–Crippen LogP) is 5.70. The fraction of sp³-hybridized carbons (Fsp3) is 0.0476. The number of carbonyl (C=O) groups is 2. The molecule has 0 aliphatic rings. The van der Waals surface area contributed by atoms with E-state index >= 15 is 0 Å². The molecule has 0 radical (unpaired) electrons. The molecule has 3 amide bonds. The van der Waals surface area contributed by atoms with Crippen molar-refractivity contribution in [2.75, 3.05) is 5.32 Å². The van der Waals surface area contributed by atoms with E-state index in [1.807, 2.05) is 0 Å². The monoisotopic (exact) mass is 432 g/mol. The lowest BCUT2D eigenvalue weighted by atomic mass is 10.2. The van der Waals surface area contributed by atoms with Crippen LogP contribution in [-0.2, 0) is 0 Å². The first-order valence-electron chi connectivity index (χ1n) is 8.60. The van der Waals surface area contributed by atoms with Crippen LogP contribution in [0, 0.1) is 0 Å². The Hall–Kier alpha value is -3.65. The number of rotatable bonds is 6. The molecule has 0 aromatic heterocycles. The maximum absolute atomic E-state index is 12.2. The SMILES string of the molecule is O=C(NC(=O)c1ccccc1Cl)Nc1ccc(Oc2ccc(OC(F)F)cc2)cc1. The van der Waals surface area contributed by atoms with E-state index in [9.17, 15) is 18.4 Å². The van der Waals surface area contributed by atoms with Gasteiger partial charge in [0, 0.05) is 5.69 Å². The van der Waals surface area contributed by atoms with Gasteiger partial charge in [0.2, 0.25) is 0 Å². The minimum absolute atomic E-state index is 0.0225. The number of halogens is 3. The Morgan fingerprint density at radius 1 is 0.833 bits per heavy atom. The highest BCUT2D eigenvalue weighted by Crippen LogP contribution is 2.25. The molecule has 0 unspecified atom stereocenters. The van der Waals surface area contributed by atoms with Crippen LogP contribution >= 0.6 is 11.6 Å². The summed E-state index contributed by atoms with van der Waals surface area (Å²) in [6.45, 7) is -2.89. The van der Waals surface area contributed by atoms with Crippen molar-refractivity contribution in [3.8, 4) is 17.2 Å². The smallest absolute Gasteiger partial charge is 0.387 e. The van der Waals surface area contributed by atoms with Gasteiger partial charge >= 0.3 is 12.6 Å². The molecule has 0 heterocycles. The summed E-state index contributed by atoms with van der Waals surface area (Å²) >= 11 is 5.93. The first kappa shape index (κ1) is 21.1. The molecule has 2 N–H and O–H groups in total. The van der Waals surface area contributed by atoms with Gasteiger partial charge in [-0.15, -0.1) is 0 Å². The second-order valence-electron chi connectivity index (χ2n) is 5.86. The largest absolute Gasteiger partial charge is 0.457 e. The minimum Gasteiger partial charge on any atom is -0.457 e. The molecule has 0 atom stereocenters. The fourth-order valence-corrected chi connectivity index (χ4v) is 2.63. The lowest BCUT2D eigenvalue weighted by Gasteiger charge is -2.10. The zero-order valence-corrected chi connectivity index (χ0v) is 16.0. The molecule has 0 bridgehead atoms. The van der Waals surface area contributed by atoms with Gasteiger partial charge in [0.05, 0.1) is 10.6 Å². The average Bonchev–Trinajstić information content (AvgIpc) is 2.71. The maximum atomic E-state index is 12.2. The van der Waals surface area contributed by atoms with E-state index in [4.69, 9.17) is 16.3 Å². The molecular weight excluding hydrogens is 418 g/mol. The third kappa shape index (κ3) is 5.92. The molecule has 0 aliphatic heterocycles. The van der Waals surface area contributed by atoms with Gasteiger partial charge in [-0.25, -0.2) is 4.79 Å². The molecule has 6 nitrogen and oxygen atoms in total. The highest BCUT2D eigenvalue weighted by Gasteiger charge is 2.13. The number of nitrogens with one attached hydrogen (secondary N) is 2. The van der Waals surface area contributed by atoms with Gasteiger partial charge in [-0.2, -0.15) is 8.78 Å². The second-order valence-corrected chi connectivity index (χ2v) is 6.27. The van der Waals surface area contributed by atoms with Crippen molar-refractivity contribution in [3.63, 3.8) is 0 Å². The number of amides is 3. The van der Waals surface area contributed by atoms with Gasteiger partial charge in [0.25, 0.3) is 5.91 Å². The van der Waals surface area contributed by atoms with Crippen LogP contribution in [0.25, 0.3) is 0 Å². The van der Waals surface area contributed by atoms with Crippen molar-refractivity contribution in [3.05, 3.63) is 83.4 Å². The highest BCUT2D eigenvalue weighted by molar-refractivity contribution is 6.34. The van der Waals surface area contributed by atoms with Crippen LogP contribution < -0.4 is 20.1 Å². The summed E-state index contributed by atoms with van der Waals surface area (Å²) in [5, 5.41) is 4.94.